The second-order valence-electron chi connectivity index (χ2n) is 4.84. The zero-order valence-corrected chi connectivity index (χ0v) is 13.7. The minimum atomic E-state index is -0.689. The van der Waals surface area contributed by atoms with Crippen molar-refractivity contribution >= 4 is 44.9 Å². The van der Waals surface area contributed by atoms with Crippen LogP contribution in [0.15, 0.2) is 18.2 Å². The summed E-state index contributed by atoms with van der Waals surface area (Å²) in [6.45, 7) is 3.42. The number of carbonyl (C=O) groups excluding carboxylic acids is 2. The van der Waals surface area contributed by atoms with Gasteiger partial charge in [-0.15, -0.1) is 11.3 Å². The largest absolute Gasteiger partial charge is 0.451 e. The summed E-state index contributed by atoms with van der Waals surface area (Å²) in [5.74, 6) is -1.46. The number of esters is 1. The van der Waals surface area contributed by atoms with Gasteiger partial charge in [0.25, 0.3) is 5.91 Å². The third-order valence-electron chi connectivity index (χ3n) is 3.13. The number of amides is 1. The number of hydrogen-bond donors (Lipinski definition) is 1. The van der Waals surface area contributed by atoms with Crippen LogP contribution in [0.5, 0.6) is 0 Å². The number of rotatable bonds is 5. The summed E-state index contributed by atoms with van der Waals surface area (Å²) in [6, 6.07) is 4.10. The average molecular weight is 344 g/mol. The molecule has 1 amide bonds. The van der Waals surface area contributed by atoms with E-state index in [0.29, 0.717) is 10.1 Å². The molecule has 22 heavy (non-hydrogen) atoms. The number of nitrogens with one attached hydrogen (secondary N) is 1. The molecule has 2 aromatic rings. The van der Waals surface area contributed by atoms with E-state index in [2.05, 4.69) is 5.32 Å². The van der Waals surface area contributed by atoms with Crippen LogP contribution >= 0.6 is 22.9 Å². The zero-order valence-electron chi connectivity index (χ0n) is 12.1. The summed E-state index contributed by atoms with van der Waals surface area (Å²) in [5, 5.41) is 3.49. The minimum Gasteiger partial charge on any atom is -0.451 e. The molecule has 0 aliphatic carbocycles. The lowest BCUT2D eigenvalue weighted by Gasteiger charge is -2.11. The second kappa shape index (κ2) is 7.07. The normalized spacial score (nSPS) is 12.2. The lowest BCUT2D eigenvalue weighted by molar-refractivity contribution is -0.124. The van der Waals surface area contributed by atoms with Crippen molar-refractivity contribution in [3.8, 4) is 0 Å². The maximum atomic E-state index is 13.2. The van der Waals surface area contributed by atoms with Crippen molar-refractivity contribution in [2.45, 2.75) is 26.3 Å². The predicted octanol–water partition coefficient (Wildman–Crippen LogP) is 3.77. The summed E-state index contributed by atoms with van der Waals surface area (Å²) in [5.41, 5.74) is 0. The van der Waals surface area contributed by atoms with Crippen molar-refractivity contribution in [2.24, 2.45) is 0 Å². The van der Waals surface area contributed by atoms with Gasteiger partial charge in [0.15, 0.2) is 6.61 Å². The Bertz CT molecular complexity index is 716. The fraction of sp³-hybridized carbons (Fsp3) is 0.333. The van der Waals surface area contributed by atoms with Crippen molar-refractivity contribution in [3.05, 3.63) is 33.9 Å². The van der Waals surface area contributed by atoms with Gasteiger partial charge in [-0.2, -0.15) is 0 Å². The SMILES string of the molecule is CC[C@@H](C)NC(=O)COC(=O)c1sc2cc(F)ccc2c1Cl. The molecule has 1 atom stereocenters. The molecule has 118 valence electrons. The first kappa shape index (κ1) is 16.7. The lowest BCUT2D eigenvalue weighted by atomic mass is 10.2. The van der Waals surface area contributed by atoms with E-state index >= 15 is 0 Å². The van der Waals surface area contributed by atoms with Crippen molar-refractivity contribution < 1.29 is 18.7 Å². The Hall–Kier alpha value is -1.66. The van der Waals surface area contributed by atoms with Crippen LogP contribution in [0.25, 0.3) is 10.1 Å². The van der Waals surface area contributed by atoms with E-state index in [9.17, 15) is 14.0 Å². The summed E-state index contributed by atoms with van der Waals surface area (Å²) < 4.78 is 18.7. The molecular weight excluding hydrogens is 329 g/mol. The van der Waals surface area contributed by atoms with E-state index in [-0.39, 0.29) is 28.5 Å². The highest BCUT2D eigenvalue weighted by Gasteiger charge is 2.20. The Morgan fingerprint density at radius 3 is 2.86 bits per heavy atom. The van der Waals surface area contributed by atoms with Crippen molar-refractivity contribution in [1.29, 1.82) is 0 Å². The van der Waals surface area contributed by atoms with Crippen LogP contribution in [0.3, 0.4) is 0 Å². The summed E-state index contributed by atoms with van der Waals surface area (Å²) in [7, 11) is 0. The van der Waals surface area contributed by atoms with E-state index in [1.807, 2.05) is 13.8 Å². The predicted molar refractivity (Wildman–Crippen MR) is 85.0 cm³/mol. The standard InChI is InChI=1S/C15H15ClFNO3S/c1-3-8(2)18-12(19)7-21-15(20)14-13(16)10-5-4-9(17)6-11(10)22-14/h4-6,8H,3,7H2,1-2H3,(H,18,19)/t8-/m1/s1. The monoisotopic (exact) mass is 343 g/mol. The zero-order chi connectivity index (χ0) is 16.3. The number of halogens is 2. The van der Waals surface area contributed by atoms with Crippen LogP contribution in [0, 0.1) is 5.82 Å². The molecule has 1 heterocycles. The number of carbonyl (C=O) groups is 2. The molecule has 0 spiro atoms. The lowest BCUT2D eigenvalue weighted by Crippen LogP contribution is -2.35. The molecule has 1 aromatic carbocycles. The highest BCUT2D eigenvalue weighted by Crippen LogP contribution is 2.36. The Balaban J connectivity index is 2.07. The summed E-state index contributed by atoms with van der Waals surface area (Å²) in [4.78, 5) is 23.8. The van der Waals surface area contributed by atoms with Crippen LogP contribution < -0.4 is 5.32 Å². The molecule has 0 aliphatic rings. The number of thiophene rings is 1. The molecule has 0 aliphatic heterocycles. The van der Waals surface area contributed by atoms with Gasteiger partial charge in [-0.25, -0.2) is 9.18 Å². The summed E-state index contributed by atoms with van der Waals surface area (Å²) in [6.07, 6.45) is 0.785. The molecule has 0 saturated carbocycles. The first-order valence-electron chi connectivity index (χ1n) is 6.76. The average Bonchev–Trinajstić information content (AvgIpc) is 2.81. The van der Waals surface area contributed by atoms with Gasteiger partial charge in [0, 0.05) is 16.1 Å². The van der Waals surface area contributed by atoms with E-state index in [0.717, 1.165) is 17.8 Å². The van der Waals surface area contributed by atoms with Crippen LogP contribution in [0.4, 0.5) is 4.39 Å². The summed E-state index contributed by atoms with van der Waals surface area (Å²) >= 11 is 7.15. The van der Waals surface area contributed by atoms with E-state index in [4.69, 9.17) is 16.3 Å². The van der Waals surface area contributed by atoms with E-state index in [1.165, 1.54) is 18.2 Å². The van der Waals surface area contributed by atoms with Crippen LogP contribution in [0.1, 0.15) is 29.9 Å². The van der Waals surface area contributed by atoms with Gasteiger partial charge in [-0.1, -0.05) is 18.5 Å². The molecule has 7 heteroatoms. The van der Waals surface area contributed by atoms with Crippen molar-refractivity contribution in [2.75, 3.05) is 6.61 Å². The van der Waals surface area contributed by atoms with E-state index in [1.54, 1.807) is 0 Å². The quantitative estimate of drug-likeness (QED) is 0.841. The molecule has 0 bridgehead atoms. The number of benzene rings is 1. The van der Waals surface area contributed by atoms with Crippen molar-refractivity contribution in [3.63, 3.8) is 0 Å². The highest BCUT2D eigenvalue weighted by molar-refractivity contribution is 7.21. The Morgan fingerprint density at radius 2 is 2.18 bits per heavy atom. The maximum Gasteiger partial charge on any atom is 0.350 e. The van der Waals surface area contributed by atoms with Crippen molar-refractivity contribution in [1.82, 2.24) is 5.32 Å². The van der Waals surface area contributed by atoms with Gasteiger partial charge in [-0.3, -0.25) is 4.79 Å². The molecule has 0 saturated heterocycles. The van der Waals surface area contributed by atoms with Crippen LogP contribution in [0.2, 0.25) is 5.02 Å². The molecule has 1 aromatic heterocycles. The number of fused-ring (bicyclic) bond motifs is 1. The molecular formula is C15H15ClFNO3S. The molecule has 0 fully saturated rings. The van der Waals surface area contributed by atoms with Crippen LogP contribution in [-0.2, 0) is 9.53 Å². The van der Waals surface area contributed by atoms with Gasteiger partial charge in [0.2, 0.25) is 0 Å². The highest BCUT2D eigenvalue weighted by atomic mass is 35.5. The van der Waals surface area contributed by atoms with Crippen LogP contribution in [-0.4, -0.2) is 24.5 Å². The third kappa shape index (κ3) is 3.75. The maximum absolute atomic E-state index is 13.2. The molecule has 0 unspecified atom stereocenters. The van der Waals surface area contributed by atoms with Gasteiger partial charge in [-0.05, 0) is 31.5 Å². The Kier molecular flexibility index (Phi) is 5.37. The van der Waals surface area contributed by atoms with Gasteiger partial charge < -0.3 is 10.1 Å². The third-order valence-corrected chi connectivity index (χ3v) is 4.77. The van der Waals surface area contributed by atoms with Gasteiger partial charge in [0.05, 0.1) is 5.02 Å². The molecule has 4 nitrogen and oxygen atoms in total. The molecule has 0 radical (unpaired) electrons. The smallest absolute Gasteiger partial charge is 0.350 e. The minimum absolute atomic E-state index is 0.0158. The second-order valence-corrected chi connectivity index (χ2v) is 6.27. The Labute approximate surface area is 136 Å². The van der Waals surface area contributed by atoms with Gasteiger partial charge in [0.1, 0.15) is 10.7 Å². The molecule has 1 N–H and O–H groups in total. The fourth-order valence-electron chi connectivity index (χ4n) is 1.79. The number of ether oxygens (including phenoxy) is 1. The first-order chi connectivity index (χ1) is 10.4. The van der Waals surface area contributed by atoms with E-state index < -0.39 is 11.8 Å². The van der Waals surface area contributed by atoms with Gasteiger partial charge >= 0.3 is 5.97 Å². The first-order valence-corrected chi connectivity index (χ1v) is 7.95. The fourth-order valence-corrected chi connectivity index (χ4v) is 3.21. The number of hydrogen-bond acceptors (Lipinski definition) is 4. The molecule has 2 rings (SSSR count). The Morgan fingerprint density at radius 1 is 1.45 bits per heavy atom. The topological polar surface area (TPSA) is 55.4 Å².